The first kappa shape index (κ1) is 23.9. The van der Waals surface area contributed by atoms with E-state index in [2.05, 4.69) is 37.4 Å². The molecule has 2 aromatic carbocycles. The fourth-order valence-electron chi connectivity index (χ4n) is 3.63. The molecule has 0 saturated heterocycles. The Morgan fingerprint density at radius 2 is 1.67 bits per heavy atom. The first-order chi connectivity index (χ1) is 14.1. The average Bonchev–Trinajstić information content (AvgIpc) is 2.71. The van der Waals surface area contributed by atoms with E-state index in [1.54, 1.807) is 6.07 Å². The van der Waals surface area contributed by atoms with Crippen molar-refractivity contribution in [3.05, 3.63) is 64.2 Å². The van der Waals surface area contributed by atoms with Gasteiger partial charge in [-0.3, -0.25) is 9.10 Å². The third-order valence-electron chi connectivity index (χ3n) is 5.59. The van der Waals surface area contributed by atoms with E-state index >= 15 is 0 Å². The molecule has 2 rings (SSSR count). The van der Waals surface area contributed by atoms with E-state index in [1.165, 1.54) is 15.4 Å². The second-order valence-electron chi connectivity index (χ2n) is 7.78. The van der Waals surface area contributed by atoms with Crippen molar-refractivity contribution in [3.8, 4) is 0 Å². The topological polar surface area (TPSA) is 66.5 Å². The lowest BCUT2D eigenvalue weighted by Gasteiger charge is -2.30. The molecule has 0 bridgehead atoms. The number of nitrogens with one attached hydrogen (secondary N) is 1. The van der Waals surface area contributed by atoms with Crippen LogP contribution in [-0.4, -0.2) is 26.6 Å². The summed E-state index contributed by atoms with van der Waals surface area (Å²) in [6.45, 7) is 10.3. The Bertz CT molecular complexity index is 1000. The van der Waals surface area contributed by atoms with Crippen LogP contribution in [0.15, 0.2) is 36.4 Å². The number of aryl methyl sites for hydroxylation is 4. The van der Waals surface area contributed by atoms with E-state index in [1.807, 2.05) is 32.9 Å². The highest BCUT2D eigenvalue weighted by molar-refractivity contribution is 7.92. The number of anilines is 1. The molecule has 6 heteroatoms. The minimum absolute atomic E-state index is 0.287. The first-order valence-corrected chi connectivity index (χ1v) is 12.4. The molecular formula is C24H34N2O3S. The first-order valence-electron chi connectivity index (χ1n) is 10.6. The van der Waals surface area contributed by atoms with Crippen molar-refractivity contribution in [2.75, 3.05) is 10.6 Å². The highest BCUT2D eigenvalue weighted by atomic mass is 32.2. The Labute approximate surface area is 181 Å². The molecule has 5 nitrogen and oxygen atoms in total. The summed E-state index contributed by atoms with van der Waals surface area (Å²) >= 11 is 0. The average molecular weight is 431 g/mol. The maximum absolute atomic E-state index is 13.1. The van der Waals surface area contributed by atoms with E-state index in [0.29, 0.717) is 18.7 Å². The summed E-state index contributed by atoms with van der Waals surface area (Å²) in [5, 5.41) is 2.98. The maximum Gasteiger partial charge on any atom is 0.244 e. The number of hydrogen-bond donors (Lipinski definition) is 1. The van der Waals surface area contributed by atoms with Gasteiger partial charge in [0, 0.05) is 6.54 Å². The van der Waals surface area contributed by atoms with E-state index in [4.69, 9.17) is 0 Å². The lowest BCUT2D eigenvalue weighted by atomic mass is 10.0. The van der Waals surface area contributed by atoms with E-state index < -0.39 is 16.1 Å². The Kier molecular flexibility index (Phi) is 8.07. The molecular weight excluding hydrogens is 396 g/mol. The van der Waals surface area contributed by atoms with E-state index in [0.717, 1.165) is 35.8 Å². The number of sulfonamides is 1. The number of nitrogens with zero attached hydrogens (tertiary/aromatic N) is 1. The molecule has 0 aliphatic rings. The molecule has 0 aromatic heterocycles. The smallest absolute Gasteiger partial charge is 0.244 e. The number of amides is 1. The zero-order valence-corrected chi connectivity index (χ0v) is 19.8. The number of carbonyl (C=O) groups is 1. The quantitative estimate of drug-likeness (QED) is 0.645. The van der Waals surface area contributed by atoms with Gasteiger partial charge < -0.3 is 5.32 Å². The van der Waals surface area contributed by atoms with Gasteiger partial charge in [-0.15, -0.1) is 0 Å². The van der Waals surface area contributed by atoms with Gasteiger partial charge in [0.2, 0.25) is 15.9 Å². The van der Waals surface area contributed by atoms with Crippen LogP contribution in [0.3, 0.4) is 0 Å². The fraction of sp³-hybridized carbons (Fsp3) is 0.458. The number of benzene rings is 2. The summed E-state index contributed by atoms with van der Waals surface area (Å²) in [5.74, 6) is -0.287. The van der Waals surface area contributed by atoms with Crippen LogP contribution in [0.25, 0.3) is 0 Å². The van der Waals surface area contributed by atoms with Crippen LogP contribution in [0.2, 0.25) is 0 Å². The molecule has 0 aliphatic heterocycles. The summed E-state index contributed by atoms with van der Waals surface area (Å²) in [7, 11) is -3.64. The van der Waals surface area contributed by atoms with E-state index in [-0.39, 0.29) is 5.91 Å². The van der Waals surface area contributed by atoms with Gasteiger partial charge in [0.15, 0.2) is 0 Å². The standard InChI is InChI=1S/C24H34N2O3S/c1-7-19-11-12-20(8-2)21(15-19)16-25-24(27)23(9-3)26(30(6,28)29)22-13-10-17(4)18(5)14-22/h10-15,23H,7-9,16H2,1-6H3,(H,25,27)/t23-/m0/s1. The van der Waals surface area contributed by atoms with Crippen molar-refractivity contribution in [3.63, 3.8) is 0 Å². The molecule has 0 saturated carbocycles. The van der Waals surface area contributed by atoms with Crippen LogP contribution >= 0.6 is 0 Å². The van der Waals surface area contributed by atoms with Crippen LogP contribution < -0.4 is 9.62 Å². The van der Waals surface area contributed by atoms with Crippen molar-refractivity contribution in [2.24, 2.45) is 0 Å². The largest absolute Gasteiger partial charge is 0.350 e. The molecule has 30 heavy (non-hydrogen) atoms. The Morgan fingerprint density at radius 3 is 2.20 bits per heavy atom. The third kappa shape index (κ3) is 5.63. The minimum atomic E-state index is -3.64. The molecule has 0 unspecified atom stereocenters. The fourth-order valence-corrected chi connectivity index (χ4v) is 4.84. The lowest BCUT2D eigenvalue weighted by molar-refractivity contribution is -0.122. The van der Waals surface area contributed by atoms with Crippen LogP contribution in [0, 0.1) is 13.8 Å². The van der Waals surface area contributed by atoms with Crippen molar-refractivity contribution in [2.45, 2.75) is 66.5 Å². The Balaban J connectivity index is 2.31. The summed E-state index contributed by atoms with van der Waals surface area (Å²) in [4.78, 5) is 13.1. The van der Waals surface area contributed by atoms with Gasteiger partial charge in [0.05, 0.1) is 11.9 Å². The molecule has 164 valence electrons. The predicted molar refractivity (Wildman–Crippen MR) is 124 cm³/mol. The second kappa shape index (κ2) is 10.1. The molecule has 1 amide bonds. The van der Waals surface area contributed by atoms with Crippen molar-refractivity contribution in [1.29, 1.82) is 0 Å². The van der Waals surface area contributed by atoms with Gasteiger partial charge in [-0.05, 0) is 73.1 Å². The molecule has 0 aliphatic carbocycles. The van der Waals surface area contributed by atoms with Gasteiger partial charge >= 0.3 is 0 Å². The molecule has 0 radical (unpaired) electrons. The SMILES string of the molecule is CCc1ccc(CC)c(CNC(=O)[C@H](CC)N(c2ccc(C)c(C)c2)S(C)(=O)=O)c1. The summed E-state index contributed by atoms with van der Waals surface area (Å²) in [6, 6.07) is 11.0. The minimum Gasteiger partial charge on any atom is -0.350 e. The third-order valence-corrected chi connectivity index (χ3v) is 6.77. The van der Waals surface area contributed by atoms with Crippen LogP contribution in [0.1, 0.15) is 55.0 Å². The summed E-state index contributed by atoms with van der Waals surface area (Å²) in [5.41, 5.74) is 6.07. The molecule has 2 aromatic rings. The number of rotatable bonds is 9. The van der Waals surface area contributed by atoms with E-state index in [9.17, 15) is 13.2 Å². The highest BCUT2D eigenvalue weighted by Gasteiger charge is 2.31. The maximum atomic E-state index is 13.1. The van der Waals surface area contributed by atoms with Crippen LogP contribution in [-0.2, 0) is 34.2 Å². The Hall–Kier alpha value is -2.34. The molecule has 0 heterocycles. The van der Waals surface area contributed by atoms with Crippen molar-refractivity contribution >= 4 is 21.6 Å². The number of carbonyl (C=O) groups excluding carboxylic acids is 1. The van der Waals surface area contributed by atoms with Gasteiger partial charge in [0.1, 0.15) is 6.04 Å². The van der Waals surface area contributed by atoms with Gasteiger partial charge in [-0.2, -0.15) is 0 Å². The Morgan fingerprint density at radius 1 is 0.967 bits per heavy atom. The molecule has 1 N–H and O–H groups in total. The molecule has 1 atom stereocenters. The zero-order valence-electron chi connectivity index (χ0n) is 19.0. The predicted octanol–water partition coefficient (Wildman–Crippen LogP) is 4.29. The summed E-state index contributed by atoms with van der Waals surface area (Å²) in [6.07, 6.45) is 3.33. The van der Waals surface area contributed by atoms with Gasteiger partial charge in [-0.1, -0.05) is 45.0 Å². The number of hydrogen-bond acceptors (Lipinski definition) is 3. The second-order valence-corrected chi connectivity index (χ2v) is 9.64. The van der Waals surface area contributed by atoms with Gasteiger partial charge in [0.25, 0.3) is 0 Å². The van der Waals surface area contributed by atoms with Crippen molar-refractivity contribution < 1.29 is 13.2 Å². The monoisotopic (exact) mass is 430 g/mol. The lowest BCUT2D eigenvalue weighted by Crippen LogP contribution is -2.49. The summed E-state index contributed by atoms with van der Waals surface area (Å²) < 4.78 is 26.5. The van der Waals surface area contributed by atoms with Gasteiger partial charge in [-0.25, -0.2) is 8.42 Å². The normalized spacial score (nSPS) is 12.5. The molecule has 0 spiro atoms. The van der Waals surface area contributed by atoms with Crippen LogP contribution in [0.5, 0.6) is 0 Å². The highest BCUT2D eigenvalue weighted by Crippen LogP contribution is 2.25. The zero-order chi connectivity index (χ0) is 22.5. The van der Waals surface area contributed by atoms with Crippen LogP contribution in [0.4, 0.5) is 5.69 Å². The molecule has 0 fully saturated rings. The van der Waals surface area contributed by atoms with Crippen molar-refractivity contribution in [1.82, 2.24) is 5.32 Å².